The number of pyridine rings is 1. The van der Waals surface area contributed by atoms with Gasteiger partial charge in [-0.1, -0.05) is 17.7 Å². The molecule has 2 nitrogen and oxygen atoms in total. The van der Waals surface area contributed by atoms with Crippen LogP contribution in [-0.2, 0) is 0 Å². The zero-order valence-corrected chi connectivity index (χ0v) is 7.33. The van der Waals surface area contributed by atoms with Gasteiger partial charge in [-0.3, -0.25) is 4.98 Å². The van der Waals surface area contributed by atoms with Crippen molar-refractivity contribution in [2.75, 3.05) is 6.54 Å². The van der Waals surface area contributed by atoms with Gasteiger partial charge < -0.3 is 5.73 Å². The molecule has 2 N–H and O–H groups in total. The minimum Gasteiger partial charge on any atom is -0.330 e. The molecular formula is C10H14N2. The molecular weight excluding hydrogens is 148 g/mol. The van der Waals surface area contributed by atoms with Crippen molar-refractivity contribution in [2.24, 2.45) is 5.73 Å². The maximum atomic E-state index is 5.43. The second kappa shape index (κ2) is 4.67. The monoisotopic (exact) mass is 162 g/mol. The van der Waals surface area contributed by atoms with Crippen LogP contribution in [-0.4, -0.2) is 11.5 Å². The number of rotatable bonds is 3. The largest absolute Gasteiger partial charge is 0.330 e. The lowest BCUT2D eigenvalue weighted by Gasteiger charge is -1.97. The molecule has 2 heteroatoms. The Hall–Kier alpha value is -1.15. The van der Waals surface area contributed by atoms with E-state index in [4.69, 9.17) is 5.73 Å². The Morgan fingerprint density at radius 1 is 1.67 bits per heavy atom. The molecule has 64 valence electrons. The van der Waals surface area contributed by atoms with Gasteiger partial charge in [-0.05, 0) is 31.5 Å². The summed E-state index contributed by atoms with van der Waals surface area (Å²) < 4.78 is 0. The van der Waals surface area contributed by atoms with Gasteiger partial charge in [-0.2, -0.15) is 0 Å². The zero-order valence-electron chi connectivity index (χ0n) is 7.33. The molecule has 0 bridgehead atoms. The van der Waals surface area contributed by atoms with E-state index in [0.717, 1.165) is 12.0 Å². The van der Waals surface area contributed by atoms with Gasteiger partial charge in [0.05, 0.1) is 0 Å². The van der Waals surface area contributed by atoms with Crippen molar-refractivity contribution >= 4 is 6.08 Å². The van der Waals surface area contributed by atoms with Gasteiger partial charge in [0.1, 0.15) is 0 Å². The summed E-state index contributed by atoms with van der Waals surface area (Å²) in [5, 5.41) is 0. The van der Waals surface area contributed by atoms with E-state index in [1.54, 1.807) is 6.20 Å². The predicted molar refractivity (Wildman–Crippen MR) is 51.6 cm³/mol. The summed E-state index contributed by atoms with van der Waals surface area (Å²) >= 11 is 0. The first-order valence-corrected chi connectivity index (χ1v) is 4.10. The number of aromatic nitrogens is 1. The third-order valence-electron chi connectivity index (χ3n) is 1.64. The third-order valence-corrected chi connectivity index (χ3v) is 1.64. The third kappa shape index (κ3) is 2.84. The second-order valence-corrected chi connectivity index (χ2v) is 2.82. The highest BCUT2D eigenvalue weighted by Crippen LogP contribution is 2.06. The number of nitrogens with zero attached hydrogens (tertiary/aromatic N) is 1. The first-order valence-electron chi connectivity index (χ1n) is 4.10. The second-order valence-electron chi connectivity index (χ2n) is 2.82. The molecule has 0 atom stereocenters. The van der Waals surface area contributed by atoms with Gasteiger partial charge in [0.2, 0.25) is 0 Å². The van der Waals surface area contributed by atoms with Crippen LogP contribution in [0.25, 0.3) is 6.08 Å². The Bertz CT molecular complexity index is 252. The van der Waals surface area contributed by atoms with E-state index in [-0.39, 0.29) is 0 Å². The molecule has 12 heavy (non-hydrogen) atoms. The summed E-state index contributed by atoms with van der Waals surface area (Å²) in [6.07, 6.45) is 6.68. The quantitative estimate of drug-likeness (QED) is 0.736. The molecule has 0 aromatic carbocycles. The Labute approximate surface area is 73.1 Å². The minimum absolute atomic E-state index is 0.711. The van der Waals surface area contributed by atoms with E-state index in [1.165, 1.54) is 5.57 Å². The molecule has 0 spiro atoms. The Morgan fingerprint density at radius 3 is 3.08 bits per heavy atom. The number of hydrogen-bond donors (Lipinski definition) is 1. The van der Waals surface area contributed by atoms with Crippen LogP contribution in [0.15, 0.2) is 30.1 Å². The molecule has 1 aromatic rings. The summed E-state index contributed by atoms with van der Waals surface area (Å²) in [6.45, 7) is 2.79. The van der Waals surface area contributed by atoms with Gasteiger partial charge in [0.15, 0.2) is 0 Å². The average Bonchev–Trinajstić information content (AvgIpc) is 2.06. The molecule has 0 saturated carbocycles. The van der Waals surface area contributed by atoms with Crippen LogP contribution in [0.5, 0.6) is 0 Å². The molecule has 1 heterocycles. The normalized spacial score (nSPS) is 11.7. The maximum Gasteiger partial charge on any atom is 0.0340 e. The Balaban J connectivity index is 2.67. The highest BCUT2D eigenvalue weighted by atomic mass is 14.6. The van der Waals surface area contributed by atoms with Crippen molar-refractivity contribution in [3.05, 3.63) is 35.7 Å². The molecule has 0 amide bonds. The molecule has 0 radical (unpaired) electrons. The smallest absolute Gasteiger partial charge is 0.0340 e. The van der Waals surface area contributed by atoms with Crippen molar-refractivity contribution < 1.29 is 0 Å². The van der Waals surface area contributed by atoms with Crippen molar-refractivity contribution in [3.63, 3.8) is 0 Å². The molecule has 1 aromatic heterocycles. The summed E-state index contributed by atoms with van der Waals surface area (Å²) in [7, 11) is 0. The van der Waals surface area contributed by atoms with Gasteiger partial charge >= 0.3 is 0 Å². The molecule has 0 aliphatic carbocycles. The van der Waals surface area contributed by atoms with Gasteiger partial charge in [-0.25, -0.2) is 0 Å². The van der Waals surface area contributed by atoms with Crippen molar-refractivity contribution in [1.82, 2.24) is 4.98 Å². The molecule has 0 fully saturated rings. The highest BCUT2D eigenvalue weighted by Gasteiger charge is 1.89. The van der Waals surface area contributed by atoms with Crippen molar-refractivity contribution in [1.29, 1.82) is 0 Å². The van der Waals surface area contributed by atoms with E-state index in [2.05, 4.69) is 18.0 Å². The lowest BCUT2D eigenvalue weighted by molar-refractivity contribution is 0.957. The molecule has 0 saturated heterocycles. The number of nitrogens with two attached hydrogens (primary N) is 1. The van der Waals surface area contributed by atoms with Gasteiger partial charge in [0.25, 0.3) is 0 Å². The number of hydrogen-bond acceptors (Lipinski definition) is 2. The molecule has 0 unspecified atom stereocenters. The predicted octanol–water partition coefficient (Wildman–Crippen LogP) is 1.83. The van der Waals surface area contributed by atoms with Crippen LogP contribution in [0.3, 0.4) is 0 Å². The molecule has 1 rings (SSSR count). The topological polar surface area (TPSA) is 38.9 Å². The Morgan fingerprint density at radius 2 is 2.50 bits per heavy atom. The van der Waals surface area contributed by atoms with Crippen LogP contribution < -0.4 is 5.73 Å². The first-order chi connectivity index (χ1) is 5.83. The van der Waals surface area contributed by atoms with Crippen molar-refractivity contribution in [3.8, 4) is 0 Å². The van der Waals surface area contributed by atoms with Gasteiger partial charge in [-0.15, -0.1) is 0 Å². The van der Waals surface area contributed by atoms with E-state index < -0.39 is 0 Å². The lowest BCUT2D eigenvalue weighted by atomic mass is 10.1. The standard InChI is InChI=1S/C10H14N2/c1-9(4-5-11)7-10-3-2-6-12-8-10/h2-3,6-8H,4-5,11H2,1H3/b9-7+. The fourth-order valence-electron chi connectivity index (χ4n) is 1.05. The summed E-state index contributed by atoms with van der Waals surface area (Å²) in [5.74, 6) is 0. The van der Waals surface area contributed by atoms with Crippen LogP contribution in [0, 0.1) is 0 Å². The maximum absolute atomic E-state index is 5.43. The van der Waals surface area contributed by atoms with Crippen LogP contribution in [0.1, 0.15) is 18.9 Å². The first kappa shape index (κ1) is 8.94. The fourth-order valence-corrected chi connectivity index (χ4v) is 1.05. The van der Waals surface area contributed by atoms with E-state index >= 15 is 0 Å². The van der Waals surface area contributed by atoms with E-state index in [1.807, 2.05) is 18.3 Å². The lowest BCUT2D eigenvalue weighted by Crippen LogP contribution is -1.98. The highest BCUT2D eigenvalue weighted by molar-refractivity contribution is 5.50. The minimum atomic E-state index is 0.711. The summed E-state index contributed by atoms with van der Waals surface area (Å²) in [4.78, 5) is 4.02. The van der Waals surface area contributed by atoms with Crippen LogP contribution in [0.4, 0.5) is 0 Å². The van der Waals surface area contributed by atoms with E-state index in [0.29, 0.717) is 6.54 Å². The Kier molecular flexibility index (Phi) is 3.48. The molecule has 0 aliphatic heterocycles. The van der Waals surface area contributed by atoms with Crippen molar-refractivity contribution in [2.45, 2.75) is 13.3 Å². The van der Waals surface area contributed by atoms with Gasteiger partial charge in [0, 0.05) is 12.4 Å². The summed E-state index contributed by atoms with van der Waals surface area (Å²) in [5.41, 5.74) is 7.87. The zero-order chi connectivity index (χ0) is 8.81. The summed E-state index contributed by atoms with van der Waals surface area (Å²) in [6, 6.07) is 3.97. The molecule has 0 aliphatic rings. The van der Waals surface area contributed by atoms with Crippen LogP contribution in [0.2, 0.25) is 0 Å². The fraction of sp³-hybridized carbons (Fsp3) is 0.300. The van der Waals surface area contributed by atoms with Crippen LogP contribution >= 0.6 is 0 Å². The average molecular weight is 162 g/mol. The SMILES string of the molecule is C/C(=C\c1cccnc1)CCN. The van der Waals surface area contributed by atoms with E-state index in [9.17, 15) is 0 Å².